The molecule has 0 aliphatic carbocycles. The minimum absolute atomic E-state index is 0.666. The van der Waals surface area contributed by atoms with Gasteiger partial charge < -0.3 is 10.2 Å². The molecule has 1 fully saturated rings. The normalized spacial score (nSPS) is 22.0. The maximum atomic E-state index is 3.64. The number of piperidine rings is 1. The Bertz CT molecular complexity index is 201. The lowest BCUT2D eigenvalue weighted by molar-refractivity contribution is 0.0956. The van der Waals surface area contributed by atoms with E-state index in [1.54, 1.807) is 0 Å². The van der Waals surface area contributed by atoms with Crippen LogP contribution in [0.5, 0.6) is 0 Å². The Hall–Kier alpha value is -0.0800. The molecule has 0 bridgehead atoms. The molecule has 1 unspecified atom stereocenters. The van der Waals surface area contributed by atoms with Gasteiger partial charge in [0.05, 0.1) is 0 Å². The van der Waals surface area contributed by atoms with Crippen LogP contribution in [-0.2, 0) is 0 Å². The zero-order valence-corrected chi connectivity index (χ0v) is 13.1. The highest BCUT2D eigenvalue weighted by Crippen LogP contribution is 2.37. The predicted octanol–water partition coefficient (Wildman–Crippen LogP) is 3.67. The third kappa shape index (κ3) is 4.89. The smallest absolute Gasteiger partial charge is 0.0107 e. The molecule has 0 radical (unpaired) electrons. The van der Waals surface area contributed by atoms with Gasteiger partial charge in [0.15, 0.2) is 0 Å². The van der Waals surface area contributed by atoms with Crippen LogP contribution in [0.2, 0.25) is 0 Å². The zero-order valence-electron chi connectivity index (χ0n) is 13.1. The van der Waals surface area contributed by atoms with Crippen molar-refractivity contribution in [3.05, 3.63) is 0 Å². The second-order valence-corrected chi connectivity index (χ2v) is 6.19. The standard InChI is InChI=1S/C16H34N2/c1-5-8-15(4)17-11-14-18-12-9-16(6-2,7-3)10-13-18/h15,17H,5-14H2,1-4H3. The Morgan fingerprint density at radius 2 is 1.72 bits per heavy atom. The van der Waals surface area contributed by atoms with E-state index in [1.807, 2.05) is 0 Å². The van der Waals surface area contributed by atoms with Crippen molar-refractivity contribution in [3.8, 4) is 0 Å². The minimum Gasteiger partial charge on any atom is -0.313 e. The van der Waals surface area contributed by atoms with Gasteiger partial charge in [0, 0.05) is 19.1 Å². The number of hydrogen-bond donors (Lipinski definition) is 1. The number of likely N-dealkylation sites (tertiary alicyclic amines) is 1. The van der Waals surface area contributed by atoms with E-state index in [4.69, 9.17) is 0 Å². The van der Waals surface area contributed by atoms with Gasteiger partial charge in [-0.2, -0.15) is 0 Å². The molecule has 1 N–H and O–H groups in total. The van der Waals surface area contributed by atoms with Gasteiger partial charge in [0.2, 0.25) is 0 Å². The molecule has 0 saturated carbocycles. The highest BCUT2D eigenvalue weighted by atomic mass is 15.1. The summed E-state index contributed by atoms with van der Waals surface area (Å²) in [7, 11) is 0. The first-order chi connectivity index (χ1) is 8.65. The Labute approximate surface area is 115 Å². The van der Waals surface area contributed by atoms with Gasteiger partial charge in [-0.15, -0.1) is 0 Å². The van der Waals surface area contributed by atoms with Crippen molar-refractivity contribution in [1.82, 2.24) is 10.2 Å². The number of nitrogens with one attached hydrogen (secondary N) is 1. The molecular formula is C16H34N2. The van der Waals surface area contributed by atoms with E-state index in [0.717, 1.165) is 6.54 Å². The molecule has 2 nitrogen and oxygen atoms in total. The van der Waals surface area contributed by atoms with Crippen molar-refractivity contribution >= 4 is 0 Å². The first-order valence-corrected chi connectivity index (χ1v) is 8.11. The van der Waals surface area contributed by atoms with Crippen LogP contribution in [0.25, 0.3) is 0 Å². The van der Waals surface area contributed by atoms with Gasteiger partial charge in [0.1, 0.15) is 0 Å². The summed E-state index contributed by atoms with van der Waals surface area (Å²) >= 11 is 0. The molecular weight excluding hydrogens is 220 g/mol. The fourth-order valence-corrected chi connectivity index (χ4v) is 3.21. The molecule has 1 saturated heterocycles. The van der Waals surface area contributed by atoms with Crippen LogP contribution in [0.15, 0.2) is 0 Å². The lowest BCUT2D eigenvalue weighted by atomic mass is 9.74. The van der Waals surface area contributed by atoms with E-state index in [1.165, 1.54) is 58.2 Å². The Balaban J connectivity index is 2.16. The quantitative estimate of drug-likeness (QED) is 0.711. The van der Waals surface area contributed by atoms with Crippen molar-refractivity contribution in [2.75, 3.05) is 26.2 Å². The first kappa shape index (κ1) is 16.0. The van der Waals surface area contributed by atoms with Crippen LogP contribution in [0, 0.1) is 5.41 Å². The van der Waals surface area contributed by atoms with Crippen molar-refractivity contribution in [1.29, 1.82) is 0 Å². The molecule has 18 heavy (non-hydrogen) atoms. The van der Waals surface area contributed by atoms with E-state index in [0.29, 0.717) is 11.5 Å². The van der Waals surface area contributed by atoms with Crippen LogP contribution in [0.3, 0.4) is 0 Å². The summed E-state index contributed by atoms with van der Waals surface area (Å²) in [6.07, 6.45) is 8.13. The molecule has 1 aliphatic rings. The molecule has 2 heteroatoms. The second-order valence-electron chi connectivity index (χ2n) is 6.19. The summed E-state index contributed by atoms with van der Waals surface area (Å²) in [5, 5.41) is 3.64. The van der Waals surface area contributed by atoms with Gasteiger partial charge >= 0.3 is 0 Å². The number of hydrogen-bond acceptors (Lipinski definition) is 2. The third-order valence-electron chi connectivity index (χ3n) is 5.06. The van der Waals surface area contributed by atoms with Gasteiger partial charge in [-0.3, -0.25) is 0 Å². The van der Waals surface area contributed by atoms with E-state index in [2.05, 4.69) is 37.9 Å². The molecule has 0 spiro atoms. The number of nitrogens with zero attached hydrogens (tertiary/aromatic N) is 1. The second kappa shape index (κ2) is 8.16. The molecule has 1 atom stereocenters. The van der Waals surface area contributed by atoms with Crippen LogP contribution < -0.4 is 5.32 Å². The van der Waals surface area contributed by atoms with Gasteiger partial charge in [-0.05, 0) is 44.7 Å². The van der Waals surface area contributed by atoms with Crippen molar-refractivity contribution in [3.63, 3.8) is 0 Å². The van der Waals surface area contributed by atoms with Gasteiger partial charge in [-0.25, -0.2) is 0 Å². The lowest BCUT2D eigenvalue weighted by Gasteiger charge is -2.41. The molecule has 0 amide bonds. The van der Waals surface area contributed by atoms with Crippen molar-refractivity contribution in [2.45, 2.75) is 72.3 Å². The van der Waals surface area contributed by atoms with Crippen LogP contribution in [0.1, 0.15) is 66.2 Å². The van der Waals surface area contributed by atoms with Crippen LogP contribution in [0.4, 0.5) is 0 Å². The highest BCUT2D eigenvalue weighted by Gasteiger charge is 2.30. The maximum absolute atomic E-state index is 3.64. The molecule has 0 aromatic heterocycles. The monoisotopic (exact) mass is 254 g/mol. The molecule has 1 heterocycles. The maximum Gasteiger partial charge on any atom is 0.0107 e. The molecule has 0 aromatic carbocycles. The van der Waals surface area contributed by atoms with E-state index < -0.39 is 0 Å². The lowest BCUT2D eigenvalue weighted by Crippen LogP contribution is -2.43. The number of rotatable bonds is 8. The molecule has 1 rings (SSSR count). The van der Waals surface area contributed by atoms with Gasteiger partial charge in [0.25, 0.3) is 0 Å². The fourth-order valence-electron chi connectivity index (χ4n) is 3.21. The average Bonchev–Trinajstić information content (AvgIpc) is 2.40. The summed E-state index contributed by atoms with van der Waals surface area (Å²) in [5.41, 5.74) is 0.666. The Morgan fingerprint density at radius 1 is 1.11 bits per heavy atom. The zero-order chi connectivity index (χ0) is 13.4. The third-order valence-corrected chi connectivity index (χ3v) is 5.06. The topological polar surface area (TPSA) is 15.3 Å². The van der Waals surface area contributed by atoms with E-state index in [-0.39, 0.29) is 0 Å². The summed E-state index contributed by atoms with van der Waals surface area (Å²) in [5.74, 6) is 0. The summed E-state index contributed by atoms with van der Waals surface area (Å²) in [6, 6.07) is 0.685. The summed E-state index contributed by atoms with van der Waals surface area (Å²) in [6.45, 7) is 14.3. The largest absolute Gasteiger partial charge is 0.313 e. The molecule has 0 aromatic rings. The first-order valence-electron chi connectivity index (χ1n) is 8.11. The molecule has 1 aliphatic heterocycles. The van der Waals surface area contributed by atoms with Gasteiger partial charge in [-0.1, -0.05) is 40.0 Å². The van der Waals surface area contributed by atoms with Crippen molar-refractivity contribution in [2.24, 2.45) is 5.41 Å². The van der Waals surface area contributed by atoms with Crippen molar-refractivity contribution < 1.29 is 0 Å². The predicted molar refractivity (Wildman–Crippen MR) is 81.1 cm³/mol. The van der Waals surface area contributed by atoms with E-state index >= 15 is 0 Å². The Kier molecular flexibility index (Phi) is 7.25. The average molecular weight is 254 g/mol. The van der Waals surface area contributed by atoms with E-state index in [9.17, 15) is 0 Å². The molecule has 108 valence electrons. The fraction of sp³-hybridized carbons (Fsp3) is 1.00. The summed E-state index contributed by atoms with van der Waals surface area (Å²) < 4.78 is 0. The highest BCUT2D eigenvalue weighted by molar-refractivity contribution is 4.84. The van der Waals surface area contributed by atoms with Crippen LogP contribution >= 0.6 is 0 Å². The summed E-state index contributed by atoms with van der Waals surface area (Å²) in [4.78, 5) is 2.65. The Morgan fingerprint density at radius 3 is 2.22 bits per heavy atom. The SMILES string of the molecule is CCCC(C)NCCN1CCC(CC)(CC)CC1. The van der Waals surface area contributed by atoms with Crippen LogP contribution in [-0.4, -0.2) is 37.1 Å². The minimum atomic E-state index is 0.666.